The van der Waals surface area contributed by atoms with Crippen molar-refractivity contribution < 1.29 is 14.6 Å². The van der Waals surface area contributed by atoms with Gasteiger partial charge >= 0.3 is 0 Å². The Balaban J connectivity index is 2.04. The number of hydrogen-bond donors (Lipinski definition) is 2. The van der Waals surface area contributed by atoms with E-state index < -0.39 is 5.60 Å². The molecule has 0 spiro atoms. The predicted octanol–water partition coefficient (Wildman–Crippen LogP) is 3.67. The van der Waals surface area contributed by atoms with Crippen molar-refractivity contribution in [1.29, 1.82) is 0 Å². The van der Waals surface area contributed by atoms with E-state index in [0.29, 0.717) is 22.5 Å². The lowest BCUT2D eigenvalue weighted by atomic mass is 9.92. The van der Waals surface area contributed by atoms with Gasteiger partial charge < -0.3 is 15.2 Å². The Morgan fingerprint density at radius 1 is 1.46 bits per heavy atom. The average Bonchev–Trinajstić information content (AvgIpc) is 2.86. The van der Waals surface area contributed by atoms with Crippen LogP contribution in [-0.2, 0) is 17.4 Å². The summed E-state index contributed by atoms with van der Waals surface area (Å²) in [6.07, 6.45) is -0.247. The number of fused-ring (bicyclic) bond motifs is 1. The van der Waals surface area contributed by atoms with E-state index in [1.54, 1.807) is 26.1 Å². The number of rotatable bonds is 2. The van der Waals surface area contributed by atoms with E-state index in [2.05, 4.69) is 10.4 Å². The van der Waals surface area contributed by atoms with Gasteiger partial charge in [-0.25, -0.2) is 0 Å². The fourth-order valence-corrected chi connectivity index (χ4v) is 3.66. The first-order chi connectivity index (χ1) is 11.1. The molecule has 1 aromatic heterocycles. The average molecular weight is 350 g/mol. The molecule has 0 saturated heterocycles. The Labute approximate surface area is 145 Å². The molecular formula is C17H20ClN3O3. The zero-order chi connectivity index (χ0) is 17.8. The second kappa shape index (κ2) is 5.50. The van der Waals surface area contributed by atoms with Crippen LogP contribution >= 0.6 is 11.6 Å². The first kappa shape index (κ1) is 16.8. The molecule has 2 heterocycles. The highest BCUT2D eigenvalue weighted by Gasteiger charge is 2.40. The zero-order valence-electron chi connectivity index (χ0n) is 14.3. The second-order valence-corrected chi connectivity index (χ2v) is 6.88. The third kappa shape index (κ3) is 2.46. The van der Waals surface area contributed by atoms with Crippen LogP contribution in [0, 0.1) is 6.92 Å². The minimum Gasteiger partial charge on any atom is -0.508 e. The lowest BCUT2D eigenvalue weighted by molar-refractivity contribution is -0.0441. The lowest BCUT2D eigenvalue weighted by Crippen LogP contribution is -2.16. The van der Waals surface area contributed by atoms with Crippen LogP contribution in [0.1, 0.15) is 54.1 Å². The monoisotopic (exact) mass is 349 g/mol. The van der Waals surface area contributed by atoms with E-state index in [1.165, 1.54) is 4.68 Å². The Hall–Kier alpha value is -2.05. The van der Waals surface area contributed by atoms with Gasteiger partial charge in [-0.3, -0.25) is 9.48 Å². The van der Waals surface area contributed by atoms with Gasteiger partial charge in [0.1, 0.15) is 10.9 Å². The van der Waals surface area contributed by atoms with Crippen molar-refractivity contribution in [3.63, 3.8) is 0 Å². The molecule has 7 heteroatoms. The van der Waals surface area contributed by atoms with Crippen LogP contribution in [0.15, 0.2) is 12.1 Å². The molecule has 0 bridgehead atoms. The van der Waals surface area contributed by atoms with Gasteiger partial charge in [-0.05, 0) is 39.8 Å². The topological polar surface area (TPSA) is 76.4 Å². The van der Waals surface area contributed by atoms with Crippen LogP contribution in [0.4, 0.5) is 5.69 Å². The number of carbonyl (C=O) groups is 1. The number of aryl methyl sites for hydroxylation is 2. The minimum atomic E-state index is -0.624. The van der Waals surface area contributed by atoms with Crippen molar-refractivity contribution >= 4 is 23.2 Å². The SMILES string of the molecule is Cc1nn(C)c(Cl)c1C(=O)Nc1ccc(O)c2c1C(C)OC2(C)C. The van der Waals surface area contributed by atoms with Gasteiger partial charge in [0.15, 0.2) is 0 Å². The first-order valence-electron chi connectivity index (χ1n) is 7.68. The minimum absolute atomic E-state index is 0.160. The maximum Gasteiger partial charge on any atom is 0.260 e. The number of carbonyl (C=O) groups excluding carboxylic acids is 1. The summed E-state index contributed by atoms with van der Waals surface area (Å²) < 4.78 is 7.39. The number of nitrogens with zero attached hydrogens (tertiary/aromatic N) is 2. The van der Waals surface area contributed by atoms with E-state index in [-0.39, 0.29) is 22.9 Å². The lowest BCUT2D eigenvalue weighted by Gasteiger charge is -2.20. The van der Waals surface area contributed by atoms with Crippen molar-refractivity contribution in [2.45, 2.75) is 39.4 Å². The smallest absolute Gasteiger partial charge is 0.260 e. The Morgan fingerprint density at radius 3 is 2.71 bits per heavy atom. The van der Waals surface area contributed by atoms with Crippen LogP contribution in [0.2, 0.25) is 5.15 Å². The van der Waals surface area contributed by atoms with Gasteiger partial charge in [0.2, 0.25) is 0 Å². The normalized spacial score (nSPS) is 18.5. The molecule has 0 saturated carbocycles. The van der Waals surface area contributed by atoms with E-state index in [1.807, 2.05) is 20.8 Å². The van der Waals surface area contributed by atoms with Gasteiger partial charge in [-0.2, -0.15) is 5.10 Å². The van der Waals surface area contributed by atoms with Crippen molar-refractivity contribution in [3.05, 3.63) is 39.7 Å². The zero-order valence-corrected chi connectivity index (χ0v) is 15.0. The van der Waals surface area contributed by atoms with Crippen molar-refractivity contribution in [2.75, 3.05) is 5.32 Å². The summed E-state index contributed by atoms with van der Waals surface area (Å²) in [7, 11) is 1.68. The molecule has 24 heavy (non-hydrogen) atoms. The molecular weight excluding hydrogens is 330 g/mol. The summed E-state index contributed by atoms with van der Waals surface area (Å²) in [6.45, 7) is 7.41. The molecule has 1 unspecified atom stereocenters. The molecule has 1 amide bonds. The van der Waals surface area contributed by atoms with Crippen LogP contribution < -0.4 is 5.32 Å². The van der Waals surface area contributed by atoms with Crippen LogP contribution in [0.3, 0.4) is 0 Å². The number of aromatic hydroxyl groups is 1. The number of phenolic OH excluding ortho intramolecular Hbond substituents is 1. The summed E-state index contributed by atoms with van der Waals surface area (Å²) >= 11 is 6.17. The number of ether oxygens (including phenoxy) is 1. The van der Waals surface area contributed by atoms with Gasteiger partial charge in [-0.1, -0.05) is 11.6 Å². The molecule has 128 valence electrons. The largest absolute Gasteiger partial charge is 0.508 e. The number of halogens is 1. The fourth-order valence-electron chi connectivity index (χ4n) is 3.40. The number of aromatic nitrogens is 2. The quantitative estimate of drug-likeness (QED) is 0.811. The van der Waals surface area contributed by atoms with Gasteiger partial charge in [-0.15, -0.1) is 0 Å². The number of amides is 1. The van der Waals surface area contributed by atoms with Crippen molar-refractivity contribution in [3.8, 4) is 5.75 Å². The Morgan fingerprint density at radius 2 is 2.12 bits per heavy atom. The van der Waals surface area contributed by atoms with Crippen LogP contribution in [-0.4, -0.2) is 20.8 Å². The molecule has 1 aliphatic rings. The molecule has 2 aromatic rings. The third-order valence-corrected chi connectivity index (χ3v) is 4.76. The first-order valence-corrected chi connectivity index (χ1v) is 8.06. The second-order valence-electron chi connectivity index (χ2n) is 6.52. The highest BCUT2D eigenvalue weighted by atomic mass is 35.5. The van der Waals surface area contributed by atoms with E-state index in [4.69, 9.17) is 16.3 Å². The van der Waals surface area contributed by atoms with Crippen molar-refractivity contribution in [1.82, 2.24) is 9.78 Å². The van der Waals surface area contributed by atoms with E-state index >= 15 is 0 Å². The molecule has 2 N–H and O–H groups in total. The standard InChI is InChI=1S/C17H20ClN3O3/c1-8-12(15(18)21(5)20-8)16(23)19-10-6-7-11(22)14-13(10)9(2)24-17(14,3)4/h6-7,9,22H,1-5H3,(H,19,23). The summed E-state index contributed by atoms with van der Waals surface area (Å²) in [5.41, 5.74) is 2.35. The predicted molar refractivity (Wildman–Crippen MR) is 91.5 cm³/mol. The number of anilines is 1. The van der Waals surface area contributed by atoms with Crippen molar-refractivity contribution in [2.24, 2.45) is 7.05 Å². The summed E-state index contributed by atoms with van der Waals surface area (Å²) in [5.74, 6) is -0.177. The summed E-state index contributed by atoms with van der Waals surface area (Å²) in [5, 5.41) is 17.5. The number of phenols is 1. The number of benzene rings is 1. The van der Waals surface area contributed by atoms with Gasteiger partial charge in [0.25, 0.3) is 5.91 Å². The third-order valence-electron chi connectivity index (χ3n) is 4.33. The summed E-state index contributed by atoms with van der Waals surface area (Å²) in [6, 6.07) is 3.24. The maximum absolute atomic E-state index is 12.7. The van der Waals surface area contributed by atoms with Gasteiger partial charge in [0.05, 0.1) is 23.0 Å². The highest BCUT2D eigenvalue weighted by molar-refractivity contribution is 6.33. The van der Waals surface area contributed by atoms with E-state index in [9.17, 15) is 9.90 Å². The van der Waals surface area contributed by atoms with Gasteiger partial charge in [0, 0.05) is 23.9 Å². The molecule has 1 aromatic carbocycles. The molecule has 0 aliphatic carbocycles. The maximum atomic E-state index is 12.7. The number of hydrogen-bond acceptors (Lipinski definition) is 4. The molecule has 3 rings (SSSR count). The van der Waals surface area contributed by atoms with Crippen LogP contribution in [0.5, 0.6) is 5.75 Å². The molecule has 0 fully saturated rings. The molecule has 6 nitrogen and oxygen atoms in total. The Bertz CT molecular complexity index is 842. The van der Waals surface area contributed by atoms with E-state index in [0.717, 1.165) is 5.56 Å². The summed E-state index contributed by atoms with van der Waals surface area (Å²) in [4.78, 5) is 12.7. The fraction of sp³-hybridized carbons (Fsp3) is 0.412. The highest BCUT2D eigenvalue weighted by Crippen LogP contribution is 2.50. The molecule has 1 aliphatic heterocycles. The Kier molecular flexibility index (Phi) is 3.85. The molecule has 0 radical (unpaired) electrons. The molecule has 1 atom stereocenters. The number of nitrogens with one attached hydrogen (secondary N) is 1. The van der Waals surface area contributed by atoms with Crippen LogP contribution in [0.25, 0.3) is 0 Å².